The van der Waals surface area contributed by atoms with Gasteiger partial charge in [-0.1, -0.05) is 0 Å². The predicted octanol–water partition coefficient (Wildman–Crippen LogP) is 2.69. The van der Waals surface area contributed by atoms with Gasteiger partial charge in [0.1, 0.15) is 11.6 Å². The highest BCUT2D eigenvalue weighted by Crippen LogP contribution is 2.33. The minimum absolute atomic E-state index is 0.205. The zero-order chi connectivity index (χ0) is 22.7. The van der Waals surface area contributed by atoms with Gasteiger partial charge in [0.15, 0.2) is 0 Å². The number of likely N-dealkylation sites (N-methyl/N-ethyl adjacent to an activating group) is 1. The standard InChI is InChI=1S/C23H32N6O3/c1-29-9-8-14-11-20(32-3)19(10-15(14)13-29)27-23-25-12-18(21(24)30)22(28-23)26-16-4-6-17(31-2)7-5-16/h10-12,16-17H,4-9,13H2,1-3H3,(H2,24,30)(H2,25,26,27,28). The molecular formula is C23H32N6O3. The molecule has 2 aromatic rings. The number of fused-ring (bicyclic) bond motifs is 1. The van der Waals surface area contributed by atoms with Crippen molar-refractivity contribution in [1.82, 2.24) is 14.9 Å². The van der Waals surface area contributed by atoms with Crippen molar-refractivity contribution in [2.45, 2.75) is 50.8 Å². The Kier molecular flexibility index (Phi) is 6.76. The van der Waals surface area contributed by atoms with E-state index in [2.05, 4.69) is 44.7 Å². The van der Waals surface area contributed by atoms with Gasteiger partial charge in [-0.2, -0.15) is 4.98 Å². The SMILES string of the molecule is COc1cc2c(cc1Nc1ncc(C(N)=O)c(NC3CCC(OC)CC3)n1)CN(C)CC2. The Hall–Kier alpha value is -2.91. The molecule has 0 radical (unpaired) electrons. The summed E-state index contributed by atoms with van der Waals surface area (Å²) in [6.45, 7) is 1.91. The number of ether oxygens (including phenoxy) is 2. The Balaban J connectivity index is 1.57. The molecule has 1 aliphatic heterocycles. The van der Waals surface area contributed by atoms with E-state index >= 15 is 0 Å². The van der Waals surface area contributed by atoms with Gasteiger partial charge in [0.05, 0.1) is 24.5 Å². The molecule has 2 aliphatic rings. The van der Waals surface area contributed by atoms with Crippen LogP contribution in [0.4, 0.5) is 17.5 Å². The van der Waals surface area contributed by atoms with E-state index in [1.165, 1.54) is 17.3 Å². The molecule has 0 unspecified atom stereocenters. The molecule has 1 aliphatic carbocycles. The van der Waals surface area contributed by atoms with Crippen molar-refractivity contribution >= 4 is 23.4 Å². The molecule has 1 aromatic heterocycles. The fourth-order valence-corrected chi connectivity index (χ4v) is 4.48. The first kappa shape index (κ1) is 22.3. The number of primary amides is 1. The lowest BCUT2D eigenvalue weighted by molar-refractivity contribution is 0.0681. The summed E-state index contributed by atoms with van der Waals surface area (Å²) in [6.07, 6.45) is 6.58. The molecule has 0 saturated heterocycles. The maximum absolute atomic E-state index is 12.0. The van der Waals surface area contributed by atoms with Gasteiger partial charge >= 0.3 is 0 Å². The molecule has 9 nitrogen and oxygen atoms in total. The van der Waals surface area contributed by atoms with Crippen LogP contribution in [0.3, 0.4) is 0 Å². The number of carbonyl (C=O) groups excluding carboxylic acids is 1. The molecule has 1 fully saturated rings. The largest absolute Gasteiger partial charge is 0.495 e. The number of aromatic nitrogens is 2. The number of methoxy groups -OCH3 is 2. The highest BCUT2D eigenvalue weighted by atomic mass is 16.5. The second-order valence-corrected chi connectivity index (χ2v) is 8.61. The number of nitrogens with zero attached hydrogens (tertiary/aromatic N) is 3. The second-order valence-electron chi connectivity index (χ2n) is 8.61. The summed E-state index contributed by atoms with van der Waals surface area (Å²) in [4.78, 5) is 23.2. The third-order valence-electron chi connectivity index (χ3n) is 6.37. The molecule has 9 heteroatoms. The number of hydrogen-bond acceptors (Lipinski definition) is 8. The molecule has 2 heterocycles. The highest BCUT2D eigenvalue weighted by Gasteiger charge is 2.23. The first-order chi connectivity index (χ1) is 15.5. The van der Waals surface area contributed by atoms with Crippen molar-refractivity contribution in [3.05, 3.63) is 35.0 Å². The molecular weight excluding hydrogens is 408 g/mol. The van der Waals surface area contributed by atoms with Crippen LogP contribution in [0.5, 0.6) is 5.75 Å². The molecule has 1 amide bonds. The average Bonchev–Trinajstić information content (AvgIpc) is 2.79. The molecule has 0 spiro atoms. The van der Waals surface area contributed by atoms with Crippen LogP contribution in [-0.2, 0) is 17.7 Å². The Morgan fingerprint density at radius 2 is 1.97 bits per heavy atom. The molecule has 1 aromatic carbocycles. The lowest BCUT2D eigenvalue weighted by Crippen LogP contribution is -2.30. The minimum atomic E-state index is -0.556. The molecule has 172 valence electrons. The van der Waals surface area contributed by atoms with E-state index in [9.17, 15) is 4.79 Å². The number of nitrogens with one attached hydrogen (secondary N) is 2. The Morgan fingerprint density at radius 3 is 2.66 bits per heavy atom. The fraction of sp³-hybridized carbons (Fsp3) is 0.522. The van der Waals surface area contributed by atoms with Crippen LogP contribution in [0.25, 0.3) is 0 Å². The van der Waals surface area contributed by atoms with Crippen molar-refractivity contribution in [1.29, 1.82) is 0 Å². The van der Waals surface area contributed by atoms with Crippen LogP contribution in [0.2, 0.25) is 0 Å². The van der Waals surface area contributed by atoms with Gasteiger partial charge in [0.25, 0.3) is 5.91 Å². The molecule has 0 atom stereocenters. The average molecular weight is 441 g/mol. The molecule has 0 bridgehead atoms. The molecule has 32 heavy (non-hydrogen) atoms. The Labute approximate surface area is 188 Å². The van der Waals surface area contributed by atoms with Crippen molar-refractivity contribution in [3.63, 3.8) is 0 Å². The monoisotopic (exact) mass is 440 g/mol. The van der Waals surface area contributed by atoms with Gasteiger partial charge in [-0.05, 0) is 62.4 Å². The summed E-state index contributed by atoms with van der Waals surface area (Å²) in [6, 6.07) is 4.38. The van der Waals surface area contributed by atoms with Gasteiger partial charge in [-0.25, -0.2) is 4.98 Å². The predicted molar refractivity (Wildman–Crippen MR) is 124 cm³/mol. The van der Waals surface area contributed by atoms with Crippen LogP contribution < -0.4 is 21.1 Å². The quantitative estimate of drug-likeness (QED) is 0.602. The molecule has 4 N–H and O–H groups in total. The van der Waals surface area contributed by atoms with Crippen LogP contribution in [0, 0.1) is 0 Å². The maximum Gasteiger partial charge on any atom is 0.254 e. The van der Waals surface area contributed by atoms with E-state index in [-0.39, 0.29) is 11.6 Å². The number of hydrogen-bond donors (Lipinski definition) is 3. The smallest absolute Gasteiger partial charge is 0.254 e. The fourth-order valence-electron chi connectivity index (χ4n) is 4.48. The number of rotatable bonds is 7. The Morgan fingerprint density at radius 1 is 1.19 bits per heavy atom. The lowest BCUT2D eigenvalue weighted by atomic mass is 9.93. The van der Waals surface area contributed by atoms with Crippen LogP contribution in [0.15, 0.2) is 18.3 Å². The number of carbonyl (C=O) groups is 1. The highest BCUT2D eigenvalue weighted by molar-refractivity contribution is 5.97. The second kappa shape index (κ2) is 9.70. The Bertz CT molecular complexity index is 974. The summed E-state index contributed by atoms with van der Waals surface area (Å²) in [7, 11) is 5.52. The summed E-state index contributed by atoms with van der Waals surface area (Å²) in [5.41, 5.74) is 9.20. The van der Waals surface area contributed by atoms with E-state index in [0.717, 1.165) is 56.6 Å². The third kappa shape index (κ3) is 4.94. The number of anilines is 3. The number of nitrogens with two attached hydrogens (primary N) is 1. The van der Waals surface area contributed by atoms with E-state index in [4.69, 9.17) is 15.2 Å². The van der Waals surface area contributed by atoms with Gasteiger partial charge < -0.3 is 30.7 Å². The normalized spacial score (nSPS) is 21.0. The van der Waals surface area contributed by atoms with Gasteiger partial charge in [-0.15, -0.1) is 0 Å². The van der Waals surface area contributed by atoms with Crippen molar-refractivity contribution in [2.75, 3.05) is 38.4 Å². The zero-order valence-corrected chi connectivity index (χ0v) is 19.0. The summed E-state index contributed by atoms with van der Waals surface area (Å²) in [5, 5.41) is 6.67. The number of benzene rings is 1. The first-order valence-electron chi connectivity index (χ1n) is 11.1. The van der Waals surface area contributed by atoms with Gasteiger partial charge in [-0.3, -0.25) is 4.79 Å². The van der Waals surface area contributed by atoms with Gasteiger partial charge in [0.2, 0.25) is 5.95 Å². The molecule has 4 rings (SSSR count). The van der Waals surface area contributed by atoms with Crippen LogP contribution in [0.1, 0.15) is 47.2 Å². The zero-order valence-electron chi connectivity index (χ0n) is 19.0. The number of amides is 1. The van der Waals surface area contributed by atoms with E-state index in [1.54, 1.807) is 14.2 Å². The third-order valence-corrected chi connectivity index (χ3v) is 6.37. The first-order valence-corrected chi connectivity index (χ1v) is 11.1. The summed E-state index contributed by atoms with van der Waals surface area (Å²) < 4.78 is 11.1. The van der Waals surface area contributed by atoms with Crippen LogP contribution in [-0.4, -0.2) is 60.7 Å². The van der Waals surface area contributed by atoms with Gasteiger partial charge in [0, 0.05) is 32.4 Å². The van der Waals surface area contributed by atoms with E-state index in [1.807, 2.05) is 0 Å². The topological polar surface area (TPSA) is 115 Å². The lowest BCUT2D eigenvalue weighted by Gasteiger charge is -2.29. The van der Waals surface area contributed by atoms with Crippen molar-refractivity contribution in [3.8, 4) is 5.75 Å². The maximum atomic E-state index is 12.0. The summed E-state index contributed by atoms with van der Waals surface area (Å²) in [5.74, 6) is 1.01. The minimum Gasteiger partial charge on any atom is -0.495 e. The van der Waals surface area contributed by atoms with Crippen molar-refractivity contribution < 1.29 is 14.3 Å². The van der Waals surface area contributed by atoms with Crippen molar-refractivity contribution in [2.24, 2.45) is 5.73 Å². The van der Waals surface area contributed by atoms with E-state index < -0.39 is 5.91 Å². The van der Waals surface area contributed by atoms with Crippen LogP contribution >= 0.6 is 0 Å². The summed E-state index contributed by atoms with van der Waals surface area (Å²) >= 11 is 0. The molecule has 1 saturated carbocycles. The van der Waals surface area contributed by atoms with E-state index in [0.29, 0.717) is 17.9 Å².